The molecule has 0 bridgehead atoms. The number of nitrogen functional groups attached to an aromatic ring is 1. The Bertz CT molecular complexity index is 1740. The van der Waals surface area contributed by atoms with Gasteiger partial charge in [0.2, 0.25) is 29.6 Å². The van der Waals surface area contributed by atoms with E-state index in [0.29, 0.717) is 59.0 Å². The third-order valence-electron chi connectivity index (χ3n) is 10.0. The predicted molar refractivity (Wildman–Crippen MR) is 206 cm³/mol. The number of amides is 4. The second-order valence-electron chi connectivity index (χ2n) is 14.2. The van der Waals surface area contributed by atoms with Crippen molar-refractivity contribution in [2.45, 2.75) is 72.4 Å². The largest absolute Gasteiger partial charge is 0.379 e. The van der Waals surface area contributed by atoms with Gasteiger partial charge < -0.3 is 35.3 Å². The van der Waals surface area contributed by atoms with Crippen LogP contribution >= 0.6 is 0 Å². The Kier molecular flexibility index (Phi) is 15.2. The van der Waals surface area contributed by atoms with Crippen LogP contribution < -0.4 is 16.4 Å². The van der Waals surface area contributed by atoms with Crippen molar-refractivity contribution in [3.63, 3.8) is 0 Å². The van der Waals surface area contributed by atoms with Gasteiger partial charge in [-0.2, -0.15) is 4.98 Å². The fourth-order valence-corrected chi connectivity index (χ4v) is 6.88. The van der Waals surface area contributed by atoms with E-state index in [0.717, 1.165) is 67.2 Å². The van der Waals surface area contributed by atoms with Crippen LogP contribution in [-0.2, 0) is 41.7 Å². The Labute approximate surface area is 317 Å². The lowest BCUT2D eigenvalue weighted by Crippen LogP contribution is -2.48. The SMILES string of the molecule is CCCCCNc1nc(N)nc2ccn(Cc3ccc(CN4CCN(C(=O)CCOCCOCCNC(=O)CCN5C(=O)CC(C)C5=O)CC4)cc3C)c12. The Morgan fingerprint density at radius 2 is 1.72 bits per heavy atom. The first kappa shape index (κ1) is 40.6. The molecule has 2 fully saturated rings. The molecule has 0 radical (unpaired) electrons. The number of carbonyl (C=O) groups is 4. The highest BCUT2D eigenvalue weighted by molar-refractivity contribution is 6.03. The third kappa shape index (κ3) is 11.5. The maximum absolute atomic E-state index is 12.8. The van der Waals surface area contributed by atoms with Crippen molar-refractivity contribution in [2.75, 3.05) is 83.3 Å². The monoisotopic (exact) mass is 747 g/mol. The molecule has 2 aromatic heterocycles. The zero-order valence-corrected chi connectivity index (χ0v) is 32.1. The van der Waals surface area contributed by atoms with Crippen LogP contribution in [0, 0.1) is 12.8 Å². The number of nitrogens with zero attached hydrogens (tertiary/aromatic N) is 6. The minimum absolute atomic E-state index is 0.0739. The number of nitrogens with two attached hydrogens (primary N) is 1. The van der Waals surface area contributed by atoms with E-state index in [1.54, 1.807) is 6.92 Å². The van der Waals surface area contributed by atoms with Crippen molar-refractivity contribution in [2.24, 2.45) is 5.92 Å². The van der Waals surface area contributed by atoms with E-state index in [9.17, 15) is 19.2 Å². The van der Waals surface area contributed by atoms with Crippen LogP contribution in [0.5, 0.6) is 0 Å². The van der Waals surface area contributed by atoms with Gasteiger partial charge in [-0.05, 0) is 36.1 Å². The molecule has 5 rings (SSSR count). The van der Waals surface area contributed by atoms with Gasteiger partial charge in [-0.1, -0.05) is 44.9 Å². The first-order valence-electron chi connectivity index (χ1n) is 19.3. The molecule has 54 heavy (non-hydrogen) atoms. The second kappa shape index (κ2) is 20.2. The number of fused-ring (bicyclic) bond motifs is 1. The van der Waals surface area contributed by atoms with Gasteiger partial charge in [-0.3, -0.25) is 29.0 Å². The number of anilines is 2. The van der Waals surface area contributed by atoms with Gasteiger partial charge in [0.05, 0.1) is 38.4 Å². The fourth-order valence-electron chi connectivity index (χ4n) is 6.88. The molecule has 0 spiro atoms. The molecule has 15 heteroatoms. The van der Waals surface area contributed by atoms with Crippen molar-refractivity contribution in [3.05, 3.63) is 47.2 Å². The van der Waals surface area contributed by atoms with Crippen LogP contribution in [0.3, 0.4) is 0 Å². The number of hydrogen-bond donors (Lipinski definition) is 3. The third-order valence-corrected chi connectivity index (χ3v) is 10.0. The van der Waals surface area contributed by atoms with Crippen molar-refractivity contribution in [1.29, 1.82) is 0 Å². The second-order valence-corrected chi connectivity index (χ2v) is 14.2. The molecule has 2 saturated heterocycles. The molecule has 1 unspecified atom stereocenters. The molecule has 1 aromatic carbocycles. The lowest BCUT2D eigenvalue weighted by atomic mass is 10.0. The molecule has 0 saturated carbocycles. The number of likely N-dealkylation sites (tertiary alicyclic amines) is 1. The Morgan fingerprint density at radius 3 is 2.44 bits per heavy atom. The molecular weight excluding hydrogens is 690 g/mol. The molecule has 2 aliphatic heterocycles. The Hall–Kier alpha value is -4.60. The summed E-state index contributed by atoms with van der Waals surface area (Å²) in [6.45, 7) is 13.2. The first-order valence-corrected chi connectivity index (χ1v) is 19.3. The number of unbranched alkanes of at least 4 members (excludes halogenated alkanes) is 2. The van der Waals surface area contributed by atoms with Crippen LogP contribution in [0.25, 0.3) is 11.0 Å². The molecule has 294 valence electrons. The molecule has 3 aromatic rings. The lowest BCUT2D eigenvalue weighted by molar-refractivity contribution is -0.139. The summed E-state index contributed by atoms with van der Waals surface area (Å²) in [5.41, 5.74) is 11.5. The number of imide groups is 1. The summed E-state index contributed by atoms with van der Waals surface area (Å²) in [7, 11) is 0. The van der Waals surface area contributed by atoms with Crippen molar-refractivity contribution in [3.8, 4) is 0 Å². The highest BCUT2D eigenvalue weighted by Gasteiger charge is 2.35. The number of ether oxygens (including phenoxy) is 2. The lowest BCUT2D eigenvalue weighted by Gasteiger charge is -2.35. The zero-order chi connectivity index (χ0) is 38.5. The van der Waals surface area contributed by atoms with Gasteiger partial charge in [0.15, 0.2) is 5.82 Å². The number of piperazine rings is 1. The maximum atomic E-state index is 12.8. The summed E-state index contributed by atoms with van der Waals surface area (Å²) in [6, 6.07) is 8.66. The maximum Gasteiger partial charge on any atom is 0.232 e. The number of benzene rings is 1. The Morgan fingerprint density at radius 1 is 0.944 bits per heavy atom. The number of aromatic nitrogens is 3. The van der Waals surface area contributed by atoms with Crippen LogP contribution in [0.1, 0.15) is 69.1 Å². The smallest absolute Gasteiger partial charge is 0.232 e. The van der Waals surface area contributed by atoms with Crippen LogP contribution in [0.15, 0.2) is 30.5 Å². The molecule has 0 aliphatic carbocycles. The fraction of sp³-hybridized carbons (Fsp3) is 0.590. The van der Waals surface area contributed by atoms with Gasteiger partial charge in [-0.15, -0.1) is 0 Å². The van der Waals surface area contributed by atoms with E-state index in [-0.39, 0.29) is 54.9 Å². The normalized spacial score (nSPS) is 16.5. The summed E-state index contributed by atoms with van der Waals surface area (Å²) in [5, 5.41) is 6.20. The summed E-state index contributed by atoms with van der Waals surface area (Å²) in [6.07, 6.45) is 6.06. The van der Waals surface area contributed by atoms with Crippen LogP contribution in [-0.4, -0.2) is 125 Å². The Balaban J connectivity index is 0.939. The van der Waals surface area contributed by atoms with E-state index in [4.69, 9.17) is 15.2 Å². The number of hydrogen-bond acceptors (Lipinski definition) is 11. The van der Waals surface area contributed by atoms with Crippen LogP contribution in [0.2, 0.25) is 0 Å². The molecule has 4 N–H and O–H groups in total. The minimum atomic E-state index is -0.309. The molecule has 4 amide bonds. The number of carbonyl (C=O) groups excluding carboxylic acids is 4. The zero-order valence-electron chi connectivity index (χ0n) is 32.1. The van der Waals surface area contributed by atoms with Gasteiger partial charge in [0.1, 0.15) is 5.52 Å². The van der Waals surface area contributed by atoms with E-state index in [1.165, 1.54) is 16.7 Å². The van der Waals surface area contributed by atoms with Gasteiger partial charge in [0.25, 0.3) is 0 Å². The molecule has 1 atom stereocenters. The summed E-state index contributed by atoms with van der Waals surface area (Å²) >= 11 is 0. The van der Waals surface area contributed by atoms with E-state index < -0.39 is 0 Å². The molecule has 2 aliphatic rings. The highest BCUT2D eigenvalue weighted by atomic mass is 16.5. The number of aryl methyl sites for hydroxylation is 1. The minimum Gasteiger partial charge on any atom is -0.379 e. The van der Waals surface area contributed by atoms with Crippen molar-refractivity contribution >= 4 is 46.4 Å². The van der Waals surface area contributed by atoms with Crippen molar-refractivity contribution < 1.29 is 28.7 Å². The van der Waals surface area contributed by atoms with Gasteiger partial charge in [-0.25, -0.2) is 4.98 Å². The topological polar surface area (TPSA) is 177 Å². The quantitative estimate of drug-likeness (QED) is 0.108. The van der Waals surface area contributed by atoms with E-state index in [1.807, 2.05) is 17.2 Å². The highest BCUT2D eigenvalue weighted by Crippen LogP contribution is 2.25. The number of nitrogens with one attached hydrogen (secondary N) is 2. The average molecular weight is 748 g/mol. The average Bonchev–Trinajstić information content (AvgIpc) is 3.66. The van der Waals surface area contributed by atoms with E-state index in [2.05, 4.69) is 62.1 Å². The standard InChI is InChI=1S/C39H57N9O6/c1-4-5-6-12-42-37-36-32(43-39(40)44-37)9-14-47(36)27-31-8-7-30(24-28(31)2)26-45-16-18-46(19-17-45)34(50)11-20-53-22-23-54-21-13-41-33(49)10-15-48-35(51)25-29(3)38(48)52/h7-9,14,24,29H,4-6,10-13,15-23,25-27H2,1-3H3,(H,41,49)(H3,40,42,43,44). The van der Waals surface area contributed by atoms with E-state index >= 15 is 0 Å². The first-order chi connectivity index (χ1) is 26.1. The van der Waals surface area contributed by atoms with Crippen LogP contribution in [0.4, 0.5) is 11.8 Å². The van der Waals surface area contributed by atoms with Gasteiger partial charge >= 0.3 is 0 Å². The van der Waals surface area contributed by atoms with Gasteiger partial charge in [0, 0.05) is 83.9 Å². The summed E-state index contributed by atoms with van der Waals surface area (Å²) < 4.78 is 13.3. The summed E-state index contributed by atoms with van der Waals surface area (Å²) in [4.78, 5) is 63.0. The van der Waals surface area contributed by atoms with Crippen molar-refractivity contribution in [1.82, 2.24) is 34.6 Å². The molecule has 15 nitrogen and oxygen atoms in total. The molecule has 4 heterocycles. The summed E-state index contributed by atoms with van der Waals surface area (Å²) in [5.74, 6) is 0.162. The molecular formula is C39H57N9O6. The number of rotatable bonds is 21. The predicted octanol–water partition coefficient (Wildman–Crippen LogP) is 2.94.